The number of methoxy groups -OCH3 is 1. The summed E-state index contributed by atoms with van der Waals surface area (Å²) in [5, 5.41) is 5.36. The SMILES string of the molecule is C/C=C/[C@@H](OC)[C@@H](C)C(=O)N[C@H](C(=O)N[C@@H](C)C(=O)NNC)C(C)C. The van der Waals surface area contributed by atoms with E-state index in [-0.39, 0.29) is 23.8 Å². The van der Waals surface area contributed by atoms with E-state index >= 15 is 0 Å². The molecular weight excluding hydrogens is 324 g/mol. The summed E-state index contributed by atoms with van der Waals surface area (Å²) in [6, 6.07) is -1.48. The zero-order chi connectivity index (χ0) is 19.6. The fraction of sp³-hybridized carbons (Fsp3) is 0.706. The van der Waals surface area contributed by atoms with Crippen LogP contribution in [-0.4, -0.2) is 50.1 Å². The molecular formula is C17H32N4O4. The van der Waals surface area contributed by atoms with Gasteiger partial charge in [-0.15, -0.1) is 0 Å². The molecule has 0 spiro atoms. The van der Waals surface area contributed by atoms with Gasteiger partial charge in [0.15, 0.2) is 0 Å². The fourth-order valence-electron chi connectivity index (χ4n) is 2.21. The van der Waals surface area contributed by atoms with Crippen molar-refractivity contribution in [3.8, 4) is 0 Å². The van der Waals surface area contributed by atoms with Crippen molar-refractivity contribution in [3.05, 3.63) is 12.2 Å². The molecule has 0 saturated heterocycles. The highest BCUT2D eigenvalue weighted by Gasteiger charge is 2.30. The predicted octanol–water partition coefficient (Wildman–Crippen LogP) is 0.110. The van der Waals surface area contributed by atoms with E-state index in [1.807, 2.05) is 26.8 Å². The molecule has 0 rings (SSSR count). The second-order valence-electron chi connectivity index (χ2n) is 6.21. The van der Waals surface area contributed by atoms with Crippen LogP contribution in [0.15, 0.2) is 12.2 Å². The van der Waals surface area contributed by atoms with Crippen LogP contribution < -0.4 is 21.5 Å². The number of carbonyl (C=O) groups is 3. The second-order valence-corrected chi connectivity index (χ2v) is 6.21. The maximum atomic E-state index is 12.5. The normalized spacial score (nSPS) is 16.2. The molecule has 0 fully saturated rings. The summed E-state index contributed by atoms with van der Waals surface area (Å²) in [5.41, 5.74) is 4.91. The van der Waals surface area contributed by atoms with E-state index in [9.17, 15) is 14.4 Å². The molecule has 0 saturated carbocycles. The minimum Gasteiger partial charge on any atom is -0.377 e. The van der Waals surface area contributed by atoms with Crippen LogP contribution in [0.4, 0.5) is 0 Å². The molecule has 8 heteroatoms. The number of rotatable bonds is 10. The standard InChI is InChI=1S/C17H32N4O4/c1-8-9-13(25-7)11(4)15(22)20-14(10(2)3)17(24)19-12(5)16(23)21-18-6/h8-14,18H,1-7H3,(H,19,24)(H,20,22)(H,21,23)/b9-8+/t11-,12+,13-,14+/m1/s1. The van der Waals surface area contributed by atoms with Gasteiger partial charge in [-0.25, -0.2) is 5.43 Å². The Morgan fingerprint density at radius 3 is 2.00 bits per heavy atom. The minimum atomic E-state index is -0.747. The maximum absolute atomic E-state index is 12.5. The fourth-order valence-corrected chi connectivity index (χ4v) is 2.21. The lowest BCUT2D eigenvalue weighted by atomic mass is 9.99. The molecule has 0 bridgehead atoms. The number of allylic oxidation sites excluding steroid dienone is 1. The molecule has 3 amide bonds. The summed E-state index contributed by atoms with van der Waals surface area (Å²) < 4.78 is 5.29. The van der Waals surface area contributed by atoms with Crippen molar-refractivity contribution in [3.63, 3.8) is 0 Å². The van der Waals surface area contributed by atoms with Gasteiger partial charge in [-0.1, -0.05) is 32.9 Å². The first-order chi connectivity index (χ1) is 11.7. The third kappa shape index (κ3) is 7.66. The van der Waals surface area contributed by atoms with Crippen LogP contribution in [0.5, 0.6) is 0 Å². The molecule has 8 nitrogen and oxygen atoms in total. The van der Waals surface area contributed by atoms with Gasteiger partial charge in [0.05, 0.1) is 12.0 Å². The number of hydrazine groups is 1. The minimum absolute atomic E-state index is 0.140. The number of hydrogen-bond donors (Lipinski definition) is 4. The zero-order valence-corrected chi connectivity index (χ0v) is 16.2. The number of amides is 3. The highest BCUT2D eigenvalue weighted by molar-refractivity contribution is 5.92. The van der Waals surface area contributed by atoms with Crippen LogP contribution in [0.25, 0.3) is 0 Å². The van der Waals surface area contributed by atoms with Crippen molar-refractivity contribution in [2.75, 3.05) is 14.2 Å². The van der Waals surface area contributed by atoms with Gasteiger partial charge in [0.2, 0.25) is 11.8 Å². The first kappa shape index (κ1) is 23.1. The molecule has 0 aliphatic heterocycles. The molecule has 0 aliphatic rings. The first-order valence-corrected chi connectivity index (χ1v) is 8.42. The topological polar surface area (TPSA) is 109 Å². The number of ether oxygens (including phenoxy) is 1. The number of hydrogen-bond acceptors (Lipinski definition) is 5. The Morgan fingerprint density at radius 2 is 1.56 bits per heavy atom. The van der Waals surface area contributed by atoms with E-state index in [0.29, 0.717) is 0 Å². The molecule has 0 radical (unpaired) electrons. The van der Waals surface area contributed by atoms with Crippen molar-refractivity contribution < 1.29 is 19.1 Å². The highest BCUT2D eigenvalue weighted by atomic mass is 16.5. The Kier molecular flexibility index (Phi) is 10.7. The van der Waals surface area contributed by atoms with Crippen LogP contribution in [-0.2, 0) is 19.1 Å². The summed E-state index contributed by atoms with van der Waals surface area (Å²) >= 11 is 0. The van der Waals surface area contributed by atoms with Gasteiger partial charge >= 0.3 is 0 Å². The van der Waals surface area contributed by atoms with Gasteiger partial charge in [-0.05, 0) is 19.8 Å². The van der Waals surface area contributed by atoms with Crippen molar-refractivity contribution in [2.45, 2.75) is 52.8 Å². The highest BCUT2D eigenvalue weighted by Crippen LogP contribution is 2.11. The van der Waals surface area contributed by atoms with Gasteiger partial charge in [-0.3, -0.25) is 19.8 Å². The molecule has 4 atom stereocenters. The molecule has 0 unspecified atom stereocenters. The summed E-state index contributed by atoms with van der Waals surface area (Å²) in [5.74, 6) is -1.66. The van der Waals surface area contributed by atoms with E-state index in [1.54, 1.807) is 27.0 Å². The van der Waals surface area contributed by atoms with Crippen molar-refractivity contribution in [1.29, 1.82) is 0 Å². The molecule has 0 aromatic rings. The number of nitrogens with one attached hydrogen (secondary N) is 4. The van der Waals surface area contributed by atoms with Crippen molar-refractivity contribution >= 4 is 17.7 Å². The third-order valence-corrected chi connectivity index (χ3v) is 3.81. The lowest BCUT2D eigenvalue weighted by Gasteiger charge is -2.26. The summed E-state index contributed by atoms with van der Waals surface area (Å²) in [4.78, 5) is 36.6. The average Bonchev–Trinajstić information content (AvgIpc) is 2.56. The lowest BCUT2D eigenvalue weighted by molar-refractivity contribution is -0.135. The molecule has 4 N–H and O–H groups in total. The van der Waals surface area contributed by atoms with Crippen LogP contribution in [0, 0.1) is 11.8 Å². The van der Waals surface area contributed by atoms with E-state index in [4.69, 9.17) is 4.74 Å². The van der Waals surface area contributed by atoms with Crippen molar-refractivity contribution in [1.82, 2.24) is 21.5 Å². The van der Waals surface area contributed by atoms with E-state index in [2.05, 4.69) is 21.5 Å². The van der Waals surface area contributed by atoms with Gasteiger partial charge in [0, 0.05) is 14.2 Å². The zero-order valence-electron chi connectivity index (χ0n) is 16.2. The van der Waals surface area contributed by atoms with Crippen LogP contribution >= 0.6 is 0 Å². The van der Waals surface area contributed by atoms with E-state index in [1.165, 1.54) is 7.11 Å². The quantitative estimate of drug-likeness (QED) is 0.328. The Hall–Kier alpha value is -1.93. The Balaban J connectivity index is 4.97. The Morgan fingerprint density at radius 1 is 0.960 bits per heavy atom. The number of carbonyl (C=O) groups excluding carboxylic acids is 3. The monoisotopic (exact) mass is 356 g/mol. The molecule has 0 aliphatic carbocycles. The Bertz CT molecular complexity index is 479. The largest absolute Gasteiger partial charge is 0.377 e. The van der Waals surface area contributed by atoms with Crippen LogP contribution in [0.1, 0.15) is 34.6 Å². The maximum Gasteiger partial charge on any atom is 0.256 e. The van der Waals surface area contributed by atoms with E-state index in [0.717, 1.165) is 0 Å². The molecule has 0 aromatic carbocycles. The molecule has 144 valence electrons. The summed E-state index contributed by atoms with van der Waals surface area (Å²) in [6.45, 7) is 8.81. The van der Waals surface area contributed by atoms with Crippen LogP contribution in [0.3, 0.4) is 0 Å². The second kappa shape index (κ2) is 11.6. The predicted molar refractivity (Wildman–Crippen MR) is 96.4 cm³/mol. The lowest BCUT2D eigenvalue weighted by Crippen LogP contribution is -2.56. The first-order valence-electron chi connectivity index (χ1n) is 8.42. The van der Waals surface area contributed by atoms with E-state index < -0.39 is 23.9 Å². The Labute approximate surface area is 150 Å². The van der Waals surface area contributed by atoms with Crippen molar-refractivity contribution in [2.24, 2.45) is 11.8 Å². The van der Waals surface area contributed by atoms with Gasteiger partial charge in [0.25, 0.3) is 5.91 Å². The molecule has 25 heavy (non-hydrogen) atoms. The summed E-state index contributed by atoms with van der Waals surface area (Å²) in [6.07, 6.45) is 3.23. The average molecular weight is 356 g/mol. The summed E-state index contributed by atoms with van der Waals surface area (Å²) in [7, 11) is 3.09. The van der Waals surface area contributed by atoms with Gasteiger partial charge < -0.3 is 15.4 Å². The molecule has 0 heterocycles. The van der Waals surface area contributed by atoms with Gasteiger partial charge in [0.1, 0.15) is 12.1 Å². The molecule has 0 aromatic heterocycles. The van der Waals surface area contributed by atoms with Crippen LogP contribution in [0.2, 0.25) is 0 Å². The van der Waals surface area contributed by atoms with Gasteiger partial charge in [-0.2, -0.15) is 0 Å². The smallest absolute Gasteiger partial charge is 0.256 e. The third-order valence-electron chi connectivity index (χ3n) is 3.81.